The monoisotopic (exact) mass is 286 g/mol. The number of para-hydroxylation sites is 1. The predicted molar refractivity (Wildman–Crippen MR) is 86.3 cm³/mol. The zero-order valence-electron chi connectivity index (χ0n) is 13.0. The van der Waals surface area contributed by atoms with Crippen LogP contribution in [0.5, 0.6) is 5.75 Å². The molecule has 0 aliphatic heterocycles. The second-order valence-electron chi connectivity index (χ2n) is 5.93. The van der Waals surface area contributed by atoms with Gasteiger partial charge in [-0.05, 0) is 50.2 Å². The van der Waals surface area contributed by atoms with Crippen LogP contribution in [0.3, 0.4) is 0 Å². The minimum Gasteiger partial charge on any atom is -0.427 e. The Balaban J connectivity index is 1.64. The molecular weight excluding hydrogens is 260 g/mol. The second-order valence-corrected chi connectivity index (χ2v) is 5.93. The number of carbonyl (C=O) groups is 1. The molecule has 0 spiro atoms. The van der Waals surface area contributed by atoms with Gasteiger partial charge in [-0.1, -0.05) is 49.6 Å². The Bertz CT molecular complexity index is 462. The van der Waals surface area contributed by atoms with Crippen molar-refractivity contribution in [3.05, 3.63) is 42.0 Å². The van der Waals surface area contributed by atoms with Crippen LogP contribution >= 0.6 is 0 Å². The molecule has 1 aromatic rings. The van der Waals surface area contributed by atoms with E-state index in [4.69, 9.17) is 4.74 Å². The first kappa shape index (κ1) is 15.8. The van der Waals surface area contributed by atoms with Crippen molar-refractivity contribution in [2.45, 2.75) is 58.3 Å². The van der Waals surface area contributed by atoms with Gasteiger partial charge in [0.15, 0.2) is 0 Å². The Morgan fingerprint density at radius 3 is 2.76 bits per heavy atom. The van der Waals surface area contributed by atoms with E-state index in [2.05, 4.69) is 13.0 Å². The zero-order valence-corrected chi connectivity index (χ0v) is 13.0. The van der Waals surface area contributed by atoms with Crippen molar-refractivity contribution in [1.82, 2.24) is 0 Å². The van der Waals surface area contributed by atoms with Crippen LogP contribution in [-0.2, 0) is 4.79 Å². The molecule has 1 unspecified atom stereocenters. The predicted octanol–water partition coefficient (Wildman–Crippen LogP) is 5.29. The summed E-state index contributed by atoms with van der Waals surface area (Å²) in [5.74, 6) is 1.41. The molecule has 0 aromatic heterocycles. The second kappa shape index (κ2) is 8.66. The van der Waals surface area contributed by atoms with Crippen molar-refractivity contribution in [3.63, 3.8) is 0 Å². The molecule has 0 saturated heterocycles. The zero-order chi connectivity index (χ0) is 14.9. The van der Waals surface area contributed by atoms with Crippen molar-refractivity contribution >= 4 is 5.97 Å². The number of carbonyl (C=O) groups excluding carboxylic acids is 1. The van der Waals surface area contributed by atoms with E-state index in [1.165, 1.54) is 37.7 Å². The molecule has 1 aliphatic carbocycles. The lowest BCUT2D eigenvalue weighted by Crippen LogP contribution is -2.09. The van der Waals surface area contributed by atoms with Gasteiger partial charge in [-0.25, -0.2) is 0 Å². The first-order valence-electron chi connectivity index (χ1n) is 8.21. The van der Waals surface area contributed by atoms with Gasteiger partial charge in [0, 0.05) is 6.42 Å². The van der Waals surface area contributed by atoms with Crippen molar-refractivity contribution < 1.29 is 9.53 Å². The molecule has 0 bridgehead atoms. The number of esters is 1. The van der Waals surface area contributed by atoms with E-state index in [0.29, 0.717) is 12.2 Å². The fourth-order valence-electron chi connectivity index (χ4n) is 2.97. The minimum atomic E-state index is -0.124. The van der Waals surface area contributed by atoms with Gasteiger partial charge < -0.3 is 4.74 Å². The molecular formula is C19H26O2. The highest BCUT2D eigenvalue weighted by Gasteiger charge is 2.13. The molecule has 1 aromatic carbocycles. The molecule has 2 heteroatoms. The SMILES string of the molecule is CCCC1CC=C(CCCC(=O)Oc2ccccc2)CC1. The Morgan fingerprint density at radius 1 is 1.29 bits per heavy atom. The third-order valence-electron chi connectivity index (χ3n) is 4.16. The van der Waals surface area contributed by atoms with Gasteiger partial charge in [0.05, 0.1) is 0 Å². The van der Waals surface area contributed by atoms with Crippen LogP contribution in [0.15, 0.2) is 42.0 Å². The maximum atomic E-state index is 11.7. The van der Waals surface area contributed by atoms with E-state index < -0.39 is 0 Å². The highest BCUT2D eigenvalue weighted by molar-refractivity contribution is 5.72. The molecule has 0 amide bonds. The fourth-order valence-corrected chi connectivity index (χ4v) is 2.97. The van der Waals surface area contributed by atoms with E-state index in [0.717, 1.165) is 18.8 Å². The van der Waals surface area contributed by atoms with Gasteiger partial charge in [-0.15, -0.1) is 0 Å². The Hall–Kier alpha value is -1.57. The van der Waals surface area contributed by atoms with Crippen molar-refractivity contribution in [2.75, 3.05) is 0 Å². The summed E-state index contributed by atoms with van der Waals surface area (Å²) in [7, 11) is 0. The summed E-state index contributed by atoms with van der Waals surface area (Å²) in [4.78, 5) is 11.7. The first-order valence-corrected chi connectivity index (χ1v) is 8.21. The summed E-state index contributed by atoms with van der Waals surface area (Å²) in [5, 5.41) is 0. The molecule has 0 N–H and O–H groups in total. The fraction of sp³-hybridized carbons (Fsp3) is 0.526. The third-order valence-corrected chi connectivity index (χ3v) is 4.16. The lowest BCUT2D eigenvalue weighted by molar-refractivity contribution is -0.134. The summed E-state index contributed by atoms with van der Waals surface area (Å²) in [6, 6.07) is 9.30. The number of hydrogen-bond acceptors (Lipinski definition) is 2. The molecule has 114 valence electrons. The van der Waals surface area contributed by atoms with E-state index in [9.17, 15) is 4.79 Å². The molecule has 0 fully saturated rings. The molecule has 21 heavy (non-hydrogen) atoms. The highest BCUT2D eigenvalue weighted by atomic mass is 16.5. The van der Waals surface area contributed by atoms with Crippen LogP contribution in [0.25, 0.3) is 0 Å². The molecule has 0 radical (unpaired) electrons. The van der Waals surface area contributed by atoms with Gasteiger partial charge in [0.1, 0.15) is 5.75 Å². The standard InChI is InChI=1S/C19H26O2/c1-2-7-16-12-14-17(15-13-16)8-6-11-19(20)21-18-9-4-3-5-10-18/h3-5,9-10,14,16H,2,6-8,11-13,15H2,1H3. The average Bonchev–Trinajstić information content (AvgIpc) is 2.50. The van der Waals surface area contributed by atoms with Crippen molar-refractivity contribution in [2.24, 2.45) is 5.92 Å². The molecule has 1 atom stereocenters. The number of hydrogen-bond donors (Lipinski definition) is 0. The van der Waals surface area contributed by atoms with Gasteiger partial charge in [0.2, 0.25) is 0 Å². The van der Waals surface area contributed by atoms with Crippen molar-refractivity contribution in [1.29, 1.82) is 0 Å². The molecule has 1 aliphatic rings. The summed E-state index contributed by atoms with van der Waals surface area (Å²) in [6.45, 7) is 2.26. The van der Waals surface area contributed by atoms with Gasteiger partial charge in [-0.2, -0.15) is 0 Å². The summed E-state index contributed by atoms with van der Waals surface area (Å²) in [6.07, 6.45) is 11.3. The normalized spacial score (nSPS) is 18.1. The third kappa shape index (κ3) is 5.74. The van der Waals surface area contributed by atoms with Crippen LogP contribution in [0, 0.1) is 5.92 Å². The summed E-state index contributed by atoms with van der Waals surface area (Å²) < 4.78 is 5.29. The first-order chi connectivity index (χ1) is 10.3. The lowest BCUT2D eigenvalue weighted by Gasteiger charge is -2.21. The topological polar surface area (TPSA) is 26.3 Å². The van der Waals surface area contributed by atoms with E-state index in [1.54, 1.807) is 0 Å². The largest absolute Gasteiger partial charge is 0.427 e. The number of rotatable bonds is 7. The molecule has 0 saturated carbocycles. The Kier molecular flexibility index (Phi) is 6.52. The minimum absolute atomic E-state index is 0.124. The smallest absolute Gasteiger partial charge is 0.311 e. The maximum absolute atomic E-state index is 11.7. The quantitative estimate of drug-likeness (QED) is 0.387. The molecule has 2 nitrogen and oxygen atoms in total. The maximum Gasteiger partial charge on any atom is 0.311 e. The van der Waals surface area contributed by atoms with Gasteiger partial charge >= 0.3 is 5.97 Å². The Labute approximate surface area is 128 Å². The van der Waals surface area contributed by atoms with Crippen LogP contribution in [0.1, 0.15) is 58.3 Å². The molecule has 2 rings (SSSR count). The summed E-state index contributed by atoms with van der Waals surface area (Å²) >= 11 is 0. The average molecular weight is 286 g/mol. The van der Waals surface area contributed by atoms with E-state index >= 15 is 0 Å². The highest BCUT2D eigenvalue weighted by Crippen LogP contribution is 2.29. The van der Waals surface area contributed by atoms with Gasteiger partial charge in [-0.3, -0.25) is 4.79 Å². The van der Waals surface area contributed by atoms with E-state index in [-0.39, 0.29) is 5.97 Å². The van der Waals surface area contributed by atoms with Gasteiger partial charge in [0.25, 0.3) is 0 Å². The molecule has 0 heterocycles. The van der Waals surface area contributed by atoms with Crippen LogP contribution in [0.2, 0.25) is 0 Å². The van der Waals surface area contributed by atoms with Crippen molar-refractivity contribution in [3.8, 4) is 5.75 Å². The number of allylic oxidation sites excluding steroid dienone is 2. The van der Waals surface area contributed by atoms with E-state index in [1.807, 2.05) is 30.3 Å². The number of ether oxygens (including phenoxy) is 1. The van der Waals surface area contributed by atoms with Crippen LogP contribution in [0.4, 0.5) is 0 Å². The lowest BCUT2D eigenvalue weighted by atomic mass is 9.85. The Morgan fingerprint density at radius 2 is 2.10 bits per heavy atom. The summed E-state index contributed by atoms with van der Waals surface area (Å²) in [5.41, 5.74) is 1.54. The number of benzene rings is 1. The van der Waals surface area contributed by atoms with Crippen LogP contribution in [-0.4, -0.2) is 5.97 Å². The van der Waals surface area contributed by atoms with Crippen LogP contribution < -0.4 is 4.74 Å².